The normalized spacial score (nSPS) is 17.3. The van der Waals surface area contributed by atoms with Gasteiger partial charge in [-0.05, 0) is 6.92 Å². The van der Waals surface area contributed by atoms with Crippen LogP contribution in [0.25, 0.3) is 0 Å². The molecule has 0 N–H and O–H groups in total. The van der Waals surface area contributed by atoms with Gasteiger partial charge in [-0.2, -0.15) is 0 Å². The molecule has 0 aromatic heterocycles. The van der Waals surface area contributed by atoms with Gasteiger partial charge in [-0.15, -0.1) is 0 Å². The second-order valence-electron chi connectivity index (χ2n) is 2.33. The smallest absolute Gasteiger partial charge is 0.263 e. The Labute approximate surface area is 63.5 Å². The lowest BCUT2D eigenvalue weighted by molar-refractivity contribution is -0.147. The zero-order valence-electron chi connectivity index (χ0n) is 6.25. The molecular formula is C7H7NO3. The van der Waals surface area contributed by atoms with Gasteiger partial charge in [0.1, 0.15) is 0 Å². The molecule has 0 saturated carbocycles. The van der Waals surface area contributed by atoms with Gasteiger partial charge >= 0.3 is 0 Å². The number of nitrogens with zero attached hydrogens (tertiary/aromatic N) is 1. The maximum atomic E-state index is 11.0. The number of carbonyl (C=O) groups excluding carboxylic acids is 3. The third kappa shape index (κ3) is 1.07. The van der Waals surface area contributed by atoms with Crippen molar-refractivity contribution in [2.45, 2.75) is 13.8 Å². The van der Waals surface area contributed by atoms with Gasteiger partial charge < -0.3 is 0 Å². The standard InChI is InChI=1S/C7H7NO3/c1-4-3-6(10)8(5(2)9)7(4)11/h3H,1-2H3. The van der Waals surface area contributed by atoms with Crippen LogP contribution in [0.1, 0.15) is 13.8 Å². The molecule has 1 rings (SSSR count). The lowest BCUT2D eigenvalue weighted by Gasteiger charge is -2.07. The van der Waals surface area contributed by atoms with Gasteiger partial charge in [0.25, 0.3) is 11.8 Å². The molecule has 0 saturated heterocycles. The van der Waals surface area contributed by atoms with Gasteiger partial charge in [-0.3, -0.25) is 14.4 Å². The minimum Gasteiger partial charge on any atom is -0.274 e. The summed E-state index contributed by atoms with van der Waals surface area (Å²) in [5, 5.41) is 0. The Morgan fingerprint density at radius 1 is 1.45 bits per heavy atom. The number of imide groups is 3. The third-order valence-electron chi connectivity index (χ3n) is 1.42. The van der Waals surface area contributed by atoms with Crippen molar-refractivity contribution in [2.24, 2.45) is 0 Å². The first-order chi connectivity index (χ1) is 5.04. The lowest BCUT2D eigenvalue weighted by Crippen LogP contribution is -2.34. The van der Waals surface area contributed by atoms with E-state index in [9.17, 15) is 14.4 Å². The Bertz CT molecular complexity index is 277. The van der Waals surface area contributed by atoms with Crippen LogP contribution in [-0.4, -0.2) is 22.6 Å². The van der Waals surface area contributed by atoms with Crippen molar-refractivity contribution in [2.75, 3.05) is 0 Å². The summed E-state index contributed by atoms with van der Waals surface area (Å²) in [6.07, 6.45) is 1.16. The summed E-state index contributed by atoms with van der Waals surface area (Å²) in [5.41, 5.74) is 0.310. The van der Waals surface area contributed by atoms with Gasteiger partial charge in [-0.25, -0.2) is 4.90 Å². The predicted octanol–water partition coefficient (Wildman–Crippen LogP) is -0.152. The van der Waals surface area contributed by atoms with Gasteiger partial charge in [0.15, 0.2) is 0 Å². The monoisotopic (exact) mass is 153 g/mol. The fraction of sp³-hybridized carbons (Fsp3) is 0.286. The summed E-state index contributed by atoms with van der Waals surface area (Å²) < 4.78 is 0. The molecule has 4 heteroatoms. The highest BCUT2D eigenvalue weighted by molar-refractivity contribution is 6.24. The van der Waals surface area contributed by atoms with Crippen LogP contribution in [0.4, 0.5) is 0 Å². The Morgan fingerprint density at radius 2 is 2.00 bits per heavy atom. The zero-order chi connectivity index (χ0) is 8.59. The third-order valence-corrected chi connectivity index (χ3v) is 1.42. The van der Waals surface area contributed by atoms with E-state index in [1.165, 1.54) is 13.8 Å². The number of hydrogen-bond donors (Lipinski definition) is 0. The molecule has 0 spiro atoms. The minimum absolute atomic E-state index is 0.310. The Kier molecular flexibility index (Phi) is 1.60. The van der Waals surface area contributed by atoms with Gasteiger partial charge in [0, 0.05) is 18.6 Å². The molecule has 3 amide bonds. The molecule has 0 bridgehead atoms. The van der Waals surface area contributed by atoms with Crippen molar-refractivity contribution in [3.63, 3.8) is 0 Å². The molecule has 0 unspecified atom stereocenters. The lowest BCUT2D eigenvalue weighted by atomic mass is 10.3. The Balaban J connectivity index is 2.99. The van der Waals surface area contributed by atoms with E-state index in [2.05, 4.69) is 0 Å². The van der Waals surface area contributed by atoms with E-state index in [-0.39, 0.29) is 0 Å². The van der Waals surface area contributed by atoms with Crippen LogP contribution in [0.5, 0.6) is 0 Å². The first-order valence-corrected chi connectivity index (χ1v) is 3.11. The van der Waals surface area contributed by atoms with Crippen LogP contribution >= 0.6 is 0 Å². The molecule has 0 aromatic rings. The highest BCUT2D eigenvalue weighted by Gasteiger charge is 2.31. The summed E-state index contributed by atoms with van der Waals surface area (Å²) in [5.74, 6) is -1.59. The summed E-state index contributed by atoms with van der Waals surface area (Å²) >= 11 is 0. The maximum absolute atomic E-state index is 11.0. The number of hydrogen-bond acceptors (Lipinski definition) is 3. The first-order valence-electron chi connectivity index (χ1n) is 3.11. The molecule has 58 valence electrons. The van der Waals surface area contributed by atoms with E-state index in [0.29, 0.717) is 10.5 Å². The number of carbonyl (C=O) groups is 3. The highest BCUT2D eigenvalue weighted by atomic mass is 16.2. The fourth-order valence-corrected chi connectivity index (χ4v) is 0.886. The largest absolute Gasteiger partial charge is 0.274 e. The van der Waals surface area contributed by atoms with E-state index in [1.807, 2.05) is 0 Å². The molecule has 1 aliphatic rings. The molecular weight excluding hydrogens is 146 g/mol. The van der Waals surface area contributed by atoms with Crippen molar-refractivity contribution in [3.8, 4) is 0 Å². The summed E-state index contributed by atoms with van der Waals surface area (Å²) in [6.45, 7) is 2.69. The van der Waals surface area contributed by atoms with Crippen molar-refractivity contribution < 1.29 is 14.4 Å². The van der Waals surface area contributed by atoms with E-state index in [0.717, 1.165) is 6.08 Å². The van der Waals surface area contributed by atoms with Gasteiger partial charge in [0.05, 0.1) is 0 Å². The topological polar surface area (TPSA) is 54.5 Å². The van der Waals surface area contributed by atoms with Crippen LogP contribution in [-0.2, 0) is 14.4 Å². The predicted molar refractivity (Wildman–Crippen MR) is 36.3 cm³/mol. The Hall–Kier alpha value is -1.45. The second kappa shape index (κ2) is 2.30. The molecule has 1 heterocycles. The van der Waals surface area contributed by atoms with Crippen LogP contribution < -0.4 is 0 Å². The number of amides is 3. The van der Waals surface area contributed by atoms with Gasteiger partial charge in [-0.1, -0.05) is 0 Å². The molecule has 11 heavy (non-hydrogen) atoms. The van der Waals surface area contributed by atoms with E-state index >= 15 is 0 Å². The van der Waals surface area contributed by atoms with Crippen molar-refractivity contribution >= 4 is 17.7 Å². The van der Waals surface area contributed by atoms with E-state index in [4.69, 9.17) is 0 Å². The van der Waals surface area contributed by atoms with Crippen molar-refractivity contribution in [1.29, 1.82) is 0 Å². The summed E-state index contributed by atoms with van der Waals surface area (Å²) in [4.78, 5) is 33.1. The van der Waals surface area contributed by atoms with Crippen LogP contribution in [0.15, 0.2) is 11.6 Å². The molecule has 4 nitrogen and oxygen atoms in total. The number of rotatable bonds is 0. The molecule has 0 aliphatic carbocycles. The summed E-state index contributed by atoms with van der Waals surface area (Å²) in [7, 11) is 0. The Morgan fingerprint density at radius 3 is 2.18 bits per heavy atom. The second-order valence-corrected chi connectivity index (χ2v) is 2.33. The molecule has 0 fully saturated rings. The van der Waals surface area contributed by atoms with Crippen LogP contribution in [0.2, 0.25) is 0 Å². The minimum atomic E-state index is -0.542. The molecule has 1 aliphatic heterocycles. The highest BCUT2D eigenvalue weighted by Crippen LogP contribution is 2.11. The quantitative estimate of drug-likeness (QED) is 0.455. The zero-order valence-corrected chi connectivity index (χ0v) is 6.25. The molecule has 0 atom stereocenters. The maximum Gasteiger partial charge on any atom is 0.263 e. The average molecular weight is 153 g/mol. The van der Waals surface area contributed by atoms with Crippen LogP contribution in [0, 0.1) is 0 Å². The van der Waals surface area contributed by atoms with E-state index in [1.54, 1.807) is 0 Å². The fourth-order valence-electron chi connectivity index (χ4n) is 0.886. The SMILES string of the molecule is CC(=O)N1C(=O)C=C(C)C1=O. The van der Waals surface area contributed by atoms with Gasteiger partial charge in [0.2, 0.25) is 5.91 Å². The first kappa shape index (κ1) is 7.65. The molecule has 0 aromatic carbocycles. The van der Waals surface area contributed by atoms with Crippen LogP contribution in [0.3, 0.4) is 0 Å². The summed E-state index contributed by atoms with van der Waals surface area (Å²) in [6, 6.07) is 0. The molecule has 0 radical (unpaired) electrons. The van der Waals surface area contributed by atoms with Crippen molar-refractivity contribution in [1.82, 2.24) is 4.90 Å². The van der Waals surface area contributed by atoms with Crippen molar-refractivity contribution in [3.05, 3.63) is 11.6 Å². The average Bonchev–Trinajstić information content (AvgIpc) is 2.07. The van der Waals surface area contributed by atoms with E-state index < -0.39 is 17.7 Å².